The van der Waals surface area contributed by atoms with Crippen molar-refractivity contribution in [3.05, 3.63) is 60.5 Å². The predicted octanol–water partition coefficient (Wildman–Crippen LogP) is 3.48. The Bertz CT molecular complexity index is 1030. The second-order valence-corrected chi connectivity index (χ2v) is 7.47. The SMILES string of the molecule is CC(=O)Nc1ccc(-c2noc(C3CCN(C(=O)COc4ccccc4)CC3)n2)cc1. The van der Waals surface area contributed by atoms with Gasteiger partial charge in [-0.05, 0) is 49.2 Å². The first-order chi connectivity index (χ1) is 15.1. The number of carbonyl (C=O) groups is 2. The highest BCUT2D eigenvalue weighted by molar-refractivity contribution is 5.88. The number of hydrogen-bond acceptors (Lipinski definition) is 6. The standard InChI is InChI=1S/C23H24N4O4/c1-16(28)24-19-9-7-17(8-10-19)22-25-23(31-26-22)18-11-13-27(14-12-18)21(29)15-30-20-5-3-2-4-6-20/h2-10,18H,11-15H2,1H3,(H,24,28). The van der Waals surface area contributed by atoms with Crippen LogP contribution in [-0.4, -0.2) is 46.6 Å². The number of nitrogens with zero attached hydrogens (tertiary/aromatic N) is 3. The molecule has 0 atom stereocenters. The summed E-state index contributed by atoms with van der Waals surface area (Å²) >= 11 is 0. The van der Waals surface area contributed by atoms with Crippen LogP contribution in [-0.2, 0) is 9.59 Å². The van der Waals surface area contributed by atoms with Crippen molar-refractivity contribution < 1.29 is 18.8 Å². The number of benzene rings is 2. The number of ether oxygens (including phenoxy) is 1. The molecule has 4 rings (SSSR count). The highest BCUT2D eigenvalue weighted by Gasteiger charge is 2.27. The third-order valence-corrected chi connectivity index (χ3v) is 5.21. The Balaban J connectivity index is 1.30. The molecule has 2 amide bonds. The third kappa shape index (κ3) is 5.28. The minimum atomic E-state index is -0.119. The molecule has 0 bridgehead atoms. The molecule has 0 saturated carbocycles. The molecule has 1 saturated heterocycles. The molecule has 0 unspecified atom stereocenters. The lowest BCUT2D eigenvalue weighted by Crippen LogP contribution is -2.40. The highest BCUT2D eigenvalue weighted by Crippen LogP contribution is 2.29. The van der Waals surface area contributed by atoms with Crippen molar-refractivity contribution in [1.29, 1.82) is 0 Å². The Morgan fingerprint density at radius 1 is 1.10 bits per heavy atom. The Morgan fingerprint density at radius 3 is 2.48 bits per heavy atom. The average molecular weight is 420 g/mol. The van der Waals surface area contributed by atoms with Crippen molar-refractivity contribution in [1.82, 2.24) is 15.0 Å². The van der Waals surface area contributed by atoms with Crippen LogP contribution in [0.4, 0.5) is 5.69 Å². The molecule has 2 heterocycles. The van der Waals surface area contributed by atoms with Gasteiger partial charge in [0, 0.05) is 37.2 Å². The van der Waals surface area contributed by atoms with E-state index in [1.807, 2.05) is 47.4 Å². The lowest BCUT2D eigenvalue weighted by atomic mass is 9.97. The molecule has 31 heavy (non-hydrogen) atoms. The van der Waals surface area contributed by atoms with Crippen molar-refractivity contribution in [2.45, 2.75) is 25.7 Å². The molecular formula is C23H24N4O4. The summed E-state index contributed by atoms with van der Waals surface area (Å²) in [5, 5.41) is 6.82. The first kappa shape index (κ1) is 20.6. The minimum absolute atomic E-state index is 0.0206. The van der Waals surface area contributed by atoms with Crippen LogP contribution < -0.4 is 10.1 Å². The third-order valence-electron chi connectivity index (χ3n) is 5.21. The maximum Gasteiger partial charge on any atom is 0.260 e. The fraction of sp³-hybridized carbons (Fsp3) is 0.304. The zero-order valence-corrected chi connectivity index (χ0v) is 17.3. The molecule has 1 aliphatic rings. The normalized spacial score (nSPS) is 14.3. The number of carbonyl (C=O) groups excluding carboxylic acids is 2. The molecular weight excluding hydrogens is 396 g/mol. The van der Waals surface area contributed by atoms with Gasteiger partial charge in [0.2, 0.25) is 17.6 Å². The lowest BCUT2D eigenvalue weighted by Gasteiger charge is -2.30. The average Bonchev–Trinajstić information content (AvgIpc) is 3.29. The van der Waals surface area contributed by atoms with Crippen molar-refractivity contribution in [3.63, 3.8) is 0 Å². The molecule has 0 aliphatic carbocycles. The van der Waals surface area contributed by atoms with Gasteiger partial charge in [0.15, 0.2) is 6.61 Å². The maximum atomic E-state index is 12.4. The number of piperidine rings is 1. The van der Waals surface area contributed by atoms with Crippen LogP contribution in [0.15, 0.2) is 59.1 Å². The van der Waals surface area contributed by atoms with Crippen LogP contribution in [0.5, 0.6) is 5.75 Å². The van der Waals surface area contributed by atoms with Gasteiger partial charge in [0.1, 0.15) is 5.75 Å². The van der Waals surface area contributed by atoms with E-state index in [0.29, 0.717) is 36.2 Å². The van der Waals surface area contributed by atoms with Crippen LogP contribution in [0.2, 0.25) is 0 Å². The van der Waals surface area contributed by atoms with Gasteiger partial charge in [-0.1, -0.05) is 23.4 Å². The molecule has 1 aromatic heterocycles. The Hall–Kier alpha value is -3.68. The molecule has 0 radical (unpaired) electrons. The molecule has 1 aliphatic heterocycles. The van der Waals surface area contributed by atoms with Crippen LogP contribution in [0.1, 0.15) is 31.6 Å². The molecule has 160 valence electrons. The second kappa shape index (κ2) is 9.42. The van der Waals surface area contributed by atoms with E-state index in [-0.39, 0.29) is 24.3 Å². The number of amides is 2. The van der Waals surface area contributed by atoms with Gasteiger partial charge in [-0.15, -0.1) is 0 Å². The summed E-state index contributed by atoms with van der Waals surface area (Å²) in [5.41, 5.74) is 1.53. The molecule has 3 aromatic rings. The summed E-state index contributed by atoms with van der Waals surface area (Å²) in [4.78, 5) is 29.9. The molecule has 8 heteroatoms. The zero-order valence-electron chi connectivity index (χ0n) is 17.3. The van der Waals surface area contributed by atoms with E-state index in [9.17, 15) is 9.59 Å². The largest absolute Gasteiger partial charge is 0.484 e. The first-order valence-corrected chi connectivity index (χ1v) is 10.3. The van der Waals surface area contributed by atoms with Crippen LogP contribution in [0.3, 0.4) is 0 Å². The Labute approximate surface area is 180 Å². The Kier molecular flexibility index (Phi) is 6.26. The van der Waals surface area contributed by atoms with Gasteiger partial charge >= 0.3 is 0 Å². The highest BCUT2D eigenvalue weighted by atomic mass is 16.5. The first-order valence-electron chi connectivity index (χ1n) is 10.3. The number of hydrogen-bond donors (Lipinski definition) is 1. The van der Waals surface area contributed by atoms with Gasteiger partial charge in [-0.25, -0.2) is 0 Å². The number of aromatic nitrogens is 2. The quantitative estimate of drug-likeness (QED) is 0.656. The number of rotatable bonds is 6. The summed E-state index contributed by atoms with van der Waals surface area (Å²) in [5.74, 6) is 1.78. The summed E-state index contributed by atoms with van der Waals surface area (Å²) in [6, 6.07) is 16.6. The smallest absolute Gasteiger partial charge is 0.260 e. The van der Waals surface area contributed by atoms with Gasteiger partial charge in [0.05, 0.1) is 0 Å². The number of para-hydroxylation sites is 1. The van der Waals surface area contributed by atoms with Crippen LogP contribution in [0, 0.1) is 0 Å². The molecule has 1 N–H and O–H groups in total. The zero-order chi connectivity index (χ0) is 21.6. The van der Waals surface area contributed by atoms with E-state index in [4.69, 9.17) is 9.26 Å². The van der Waals surface area contributed by atoms with Gasteiger partial charge < -0.3 is 19.5 Å². The fourth-order valence-corrected chi connectivity index (χ4v) is 3.55. The van der Waals surface area contributed by atoms with E-state index in [0.717, 1.165) is 18.4 Å². The number of likely N-dealkylation sites (tertiary alicyclic amines) is 1. The van der Waals surface area contributed by atoms with E-state index < -0.39 is 0 Å². The van der Waals surface area contributed by atoms with Gasteiger partial charge in [-0.3, -0.25) is 9.59 Å². The second-order valence-electron chi connectivity index (χ2n) is 7.47. The topological polar surface area (TPSA) is 97.6 Å². The Morgan fingerprint density at radius 2 is 1.81 bits per heavy atom. The van der Waals surface area contributed by atoms with Gasteiger partial charge in [0.25, 0.3) is 5.91 Å². The van der Waals surface area contributed by atoms with Crippen molar-refractivity contribution in [2.75, 3.05) is 25.0 Å². The molecule has 2 aromatic carbocycles. The van der Waals surface area contributed by atoms with E-state index in [1.54, 1.807) is 12.1 Å². The fourth-order valence-electron chi connectivity index (χ4n) is 3.55. The van der Waals surface area contributed by atoms with Crippen LogP contribution >= 0.6 is 0 Å². The summed E-state index contributed by atoms with van der Waals surface area (Å²) in [7, 11) is 0. The van der Waals surface area contributed by atoms with Crippen LogP contribution in [0.25, 0.3) is 11.4 Å². The minimum Gasteiger partial charge on any atom is -0.484 e. The lowest BCUT2D eigenvalue weighted by molar-refractivity contribution is -0.134. The van der Waals surface area contributed by atoms with E-state index in [2.05, 4.69) is 15.5 Å². The van der Waals surface area contributed by atoms with Crippen molar-refractivity contribution in [2.24, 2.45) is 0 Å². The van der Waals surface area contributed by atoms with Gasteiger partial charge in [-0.2, -0.15) is 4.98 Å². The van der Waals surface area contributed by atoms with Crippen molar-refractivity contribution in [3.8, 4) is 17.1 Å². The van der Waals surface area contributed by atoms with Crippen molar-refractivity contribution >= 4 is 17.5 Å². The maximum absolute atomic E-state index is 12.4. The summed E-state index contributed by atoms with van der Waals surface area (Å²) in [6.07, 6.45) is 1.53. The van der Waals surface area contributed by atoms with E-state index >= 15 is 0 Å². The number of nitrogens with one attached hydrogen (secondary N) is 1. The number of anilines is 1. The predicted molar refractivity (Wildman–Crippen MR) is 115 cm³/mol. The molecule has 0 spiro atoms. The monoisotopic (exact) mass is 420 g/mol. The summed E-state index contributed by atoms with van der Waals surface area (Å²) in [6.45, 7) is 2.76. The molecule has 8 nitrogen and oxygen atoms in total. The molecule has 1 fully saturated rings. The van der Waals surface area contributed by atoms with E-state index in [1.165, 1.54) is 6.92 Å². The summed E-state index contributed by atoms with van der Waals surface area (Å²) < 4.78 is 11.1.